The van der Waals surface area contributed by atoms with E-state index in [0.717, 1.165) is 44.0 Å². The number of rotatable bonds is 8. The van der Waals surface area contributed by atoms with E-state index in [1.165, 1.54) is 17.7 Å². The summed E-state index contributed by atoms with van der Waals surface area (Å²) >= 11 is 0. The smallest absolute Gasteiger partial charge is 0.303 e. The molecule has 3 aromatic rings. The summed E-state index contributed by atoms with van der Waals surface area (Å²) in [4.78, 5) is 31.3. The van der Waals surface area contributed by atoms with Crippen molar-refractivity contribution in [3.8, 4) is 0 Å². The number of benzene rings is 3. The molecule has 2 aliphatic rings. The predicted octanol–water partition coefficient (Wildman–Crippen LogP) is 4.53. The standard InChI is InChI=1S/C29H28FN3O4/c30-22-8-11-24-25(17-22)32-29(36)27(24)28(21-6-1-19(2-7-21)5-12-26(34)35)31-23-9-3-20(4-10-23)18-33-13-15-37-16-14-33/h1-4,6-11,17,27H,5,12-16,18H2,(H,32,36)(H,34,35). The number of hydrogen-bond donors (Lipinski definition) is 2. The number of halogens is 1. The van der Waals surface area contributed by atoms with Crippen LogP contribution >= 0.6 is 0 Å². The zero-order chi connectivity index (χ0) is 25.8. The highest BCUT2D eigenvalue weighted by Gasteiger charge is 2.35. The number of aryl methyl sites for hydroxylation is 1. The number of morpholine rings is 1. The third-order valence-electron chi connectivity index (χ3n) is 6.69. The summed E-state index contributed by atoms with van der Waals surface area (Å²) in [5, 5.41) is 11.8. The van der Waals surface area contributed by atoms with Crippen LogP contribution in [0.2, 0.25) is 0 Å². The van der Waals surface area contributed by atoms with Crippen LogP contribution in [-0.4, -0.2) is 53.9 Å². The average molecular weight is 502 g/mol. The summed E-state index contributed by atoms with van der Waals surface area (Å²) in [6.45, 7) is 4.14. The molecule has 0 spiro atoms. The zero-order valence-electron chi connectivity index (χ0n) is 20.3. The maximum absolute atomic E-state index is 13.8. The van der Waals surface area contributed by atoms with Gasteiger partial charge in [-0.05, 0) is 52.9 Å². The summed E-state index contributed by atoms with van der Waals surface area (Å²) in [5.74, 6) is -2.24. The lowest BCUT2D eigenvalue weighted by molar-refractivity contribution is -0.137. The molecular formula is C29H28FN3O4. The second-order valence-corrected chi connectivity index (χ2v) is 9.30. The highest BCUT2D eigenvalue weighted by atomic mass is 19.1. The fourth-order valence-corrected chi connectivity index (χ4v) is 4.73. The van der Waals surface area contributed by atoms with Crippen molar-refractivity contribution in [3.05, 3.63) is 94.8 Å². The second kappa shape index (κ2) is 11.0. The van der Waals surface area contributed by atoms with Gasteiger partial charge in [-0.2, -0.15) is 0 Å². The molecule has 8 heteroatoms. The fraction of sp³-hybridized carbons (Fsp3) is 0.276. The molecule has 2 heterocycles. The normalized spacial score (nSPS) is 17.9. The Balaban J connectivity index is 1.46. The van der Waals surface area contributed by atoms with E-state index < -0.39 is 17.7 Å². The number of carbonyl (C=O) groups excluding carboxylic acids is 1. The number of anilines is 1. The van der Waals surface area contributed by atoms with Gasteiger partial charge in [0, 0.05) is 31.7 Å². The molecule has 5 rings (SSSR count). The van der Waals surface area contributed by atoms with Gasteiger partial charge in [0.05, 0.1) is 24.6 Å². The number of carbonyl (C=O) groups is 2. The monoisotopic (exact) mass is 501 g/mol. The summed E-state index contributed by atoms with van der Waals surface area (Å²) in [6.07, 6.45) is 0.458. The molecule has 1 amide bonds. The number of carboxylic acid groups (broad SMARTS) is 1. The van der Waals surface area contributed by atoms with E-state index in [9.17, 15) is 14.0 Å². The van der Waals surface area contributed by atoms with Crippen LogP contribution in [0.25, 0.3) is 0 Å². The van der Waals surface area contributed by atoms with Crippen LogP contribution in [0, 0.1) is 5.82 Å². The molecule has 2 N–H and O–H groups in total. The van der Waals surface area contributed by atoms with Gasteiger partial charge in [-0.3, -0.25) is 19.5 Å². The van der Waals surface area contributed by atoms with Crippen molar-refractivity contribution >= 4 is 29.0 Å². The maximum Gasteiger partial charge on any atom is 0.303 e. The molecule has 0 saturated carbocycles. The number of carboxylic acids is 1. The molecule has 190 valence electrons. The molecule has 0 aliphatic carbocycles. The molecule has 2 aliphatic heterocycles. The fourth-order valence-electron chi connectivity index (χ4n) is 4.73. The Labute approximate surface area is 214 Å². The van der Waals surface area contributed by atoms with Gasteiger partial charge in [-0.25, -0.2) is 4.39 Å². The molecule has 1 atom stereocenters. The minimum Gasteiger partial charge on any atom is -0.481 e. The lowest BCUT2D eigenvalue weighted by atomic mass is 9.90. The number of ether oxygens (including phenoxy) is 1. The predicted molar refractivity (Wildman–Crippen MR) is 139 cm³/mol. The molecule has 1 fully saturated rings. The van der Waals surface area contributed by atoms with Gasteiger partial charge in [0.1, 0.15) is 11.7 Å². The lowest BCUT2D eigenvalue weighted by Gasteiger charge is -2.26. The molecule has 7 nitrogen and oxygen atoms in total. The van der Waals surface area contributed by atoms with E-state index in [4.69, 9.17) is 14.8 Å². The third kappa shape index (κ3) is 5.93. The molecule has 3 aromatic carbocycles. The number of hydrogen-bond acceptors (Lipinski definition) is 5. The van der Waals surface area contributed by atoms with Crippen molar-refractivity contribution in [2.75, 3.05) is 31.6 Å². The maximum atomic E-state index is 13.8. The first kappa shape index (κ1) is 24.8. The van der Waals surface area contributed by atoms with Crippen LogP contribution in [0.1, 0.15) is 34.6 Å². The summed E-state index contributed by atoms with van der Waals surface area (Å²) < 4.78 is 19.3. The molecule has 0 aromatic heterocycles. The first-order valence-corrected chi connectivity index (χ1v) is 12.4. The Bertz CT molecular complexity index is 1320. The van der Waals surface area contributed by atoms with E-state index in [-0.39, 0.29) is 12.3 Å². The summed E-state index contributed by atoms with van der Waals surface area (Å²) in [5.41, 5.74) is 5.17. The topological polar surface area (TPSA) is 91.2 Å². The minimum absolute atomic E-state index is 0.0427. The van der Waals surface area contributed by atoms with Gasteiger partial charge in [0.2, 0.25) is 5.91 Å². The van der Waals surface area contributed by atoms with E-state index in [1.54, 1.807) is 6.07 Å². The molecule has 1 saturated heterocycles. The Hall–Kier alpha value is -3.88. The van der Waals surface area contributed by atoms with Crippen LogP contribution < -0.4 is 5.32 Å². The van der Waals surface area contributed by atoms with E-state index in [2.05, 4.69) is 10.2 Å². The Morgan fingerprint density at radius 2 is 1.73 bits per heavy atom. The van der Waals surface area contributed by atoms with Crippen LogP contribution in [0.5, 0.6) is 0 Å². The summed E-state index contributed by atoms with van der Waals surface area (Å²) in [6, 6.07) is 19.7. The quantitative estimate of drug-likeness (QED) is 0.443. The zero-order valence-corrected chi connectivity index (χ0v) is 20.3. The van der Waals surface area contributed by atoms with Crippen molar-refractivity contribution in [2.24, 2.45) is 4.99 Å². The first-order valence-electron chi connectivity index (χ1n) is 12.4. The second-order valence-electron chi connectivity index (χ2n) is 9.30. The molecule has 0 bridgehead atoms. The molecular weight excluding hydrogens is 473 g/mol. The van der Waals surface area contributed by atoms with E-state index in [1.807, 2.05) is 48.5 Å². The third-order valence-corrected chi connectivity index (χ3v) is 6.69. The highest BCUT2D eigenvalue weighted by molar-refractivity contribution is 6.24. The van der Waals surface area contributed by atoms with E-state index >= 15 is 0 Å². The number of aliphatic carboxylic acids is 1. The Morgan fingerprint density at radius 1 is 1.03 bits per heavy atom. The van der Waals surface area contributed by atoms with Gasteiger partial charge in [-0.1, -0.05) is 42.5 Å². The highest BCUT2D eigenvalue weighted by Crippen LogP contribution is 2.36. The first-order chi connectivity index (χ1) is 18.0. The average Bonchev–Trinajstić information content (AvgIpc) is 3.22. The number of nitrogens with one attached hydrogen (secondary N) is 1. The summed E-state index contributed by atoms with van der Waals surface area (Å²) in [7, 11) is 0. The molecule has 0 radical (unpaired) electrons. The van der Waals surface area contributed by atoms with E-state index in [0.29, 0.717) is 29.1 Å². The van der Waals surface area contributed by atoms with Crippen molar-refractivity contribution in [1.82, 2.24) is 4.90 Å². The van der Waals surface area contributed by atoms with Crippen molar-refractivity contribution in [3.63, 3.8) is 0 Å². The van der Waals surface area contributed by atoms with Crippen LogP contribution in [0.3, 0.4) is 0 Å². The van der Waals surface area contributed by atoms with Gasteiger partial charge < -0.3 is 15.2 Å². The number of fused-ring (bicyclic) bond motifs is 1. The van der Waals surface area contributed by atoms with Crippen LogP contribution in [-0.2, 0) is 27.3 Å². The van der Waals surface area contributed by atoms with Crippen molar-refractivity contribution in [2.45, 2.75) is 25.3 Å². The van der Waals surface area contributed by atoms with Crippen LogP contribution in [0.4, 0.5) is 15.8 Å². The van der Waals surface area contributed by atoms with Crippen LogP contribution in [0.15, 0.2) is 71.7 Å². The number of aliphatic imine (C=N–C) groups is 1. The Kier molecular flexibility index (Phi) is 7.39. The molecule has 37 heavy (non-hydrogen) atoms. The molecule has 1 unspecified atom stereocenters. The minimum atomic E-state index is -0.852. The lowest BCUT2D eigenvalue weighted by Crippen LogP contribution is -2.35. The van der Waals surface area contributed by atoms with Gasteiger partial charge in [0.15, 0.2) is 0 Å². The van der Waals surface area contributed by atoms with Crippen molar-refractivity contribution < 1.29 is 23.8 Å². The number of nitrogens with zero attached hydrogens (tertiary/aromatic N) is 2. The van der Waals surface area contributed by atoms with Gasteiger partial charge in [-0.15, -0.1) is 0 Å². The number of amides is 1. The van der Waals surface area contributed by atoms with Gasteiger partial charge >= 0.3 is 5.97 Å². The largest absolute Gasteiger partial charge is 0.481 e. The van der Waals surface area contributed by atoms with Crippen molar-refractivity contribution in [1.29, 1.82) is 0 Å². The van der Waals surface area contributed by atoms with Gasteiger partial charge in [0.25, 0.3) is 0 Å². The Morgan fingerprint density at radius 3 is 2.43 bits per heavy atom. The SMILES string of the molecule is O=C(O)CCc1ccc(C(=Nc2ccc(CN3CCOCC3)cc2)C2C(=O)Nc3cc(F)ccc32)cc1.